The molecule has 0 bridgehead atoms. The van der Waals surface area contributed by atoms with Crippen LogP contribution in [0.4, 0.5) is 17.3 Å². The maximum Gasteiger partial charge on any atom is 0.255 e. The molecule has 0 saturated heterocycles. The van der Waals surface area contributed by atoms with Gasteiger partial charge in [-0.3, -0.25) is 9.89 Å². The topological polar surface area (TPSA) is 109 Å². The molecule has 7 nitrogen and oxygen atoms in total. The summed E-state index contributed by atoms with van der Waals surface area (Å²) in [4.78, 5) is 16.6. The number of nitrogens with two attached hydrogens (primary N) is 1. The summed E-state index contributed by atoms with van der Waals surface area (Å²) in [5.41, 5.74) is 8.55. The van der Waals surface area contributed by atoms with E-state index in [-0.39, 0.29) is 5.91 Å². The Bertz CT molecular complexity index is 935. The number of anilines is 3. The van der Waals surface area contributed by atoms with Crippen LogP contribution in [-0.2, 0) is 0 Å². The quantitative estimate of drug-likeness (QED) is 0.369. The SMILES string of the molecule is CSc1nc(NC/C=C/c2ccc(C(=O)Nc3ccccc3N)cc2)n[nH]1. The minimum Gasteiger partial charge on any atom is -0.397 e. The van der Waals surface area contributed by atoms with E-state index in [1.165, 1.54) is 11.8 Å². The highest BCUT2D eigenvalue weighted by Crippen LogP contribution is 2.18. The molecule has 3 aromatic rings. The van der Waals surface area contributed by atoms with E-state index in [1.54, 1.807) is 24.3 Å². The lowest BCUT2D eigenvalue weighted by Crippen LogP contribution is -2.12. The van der Waals surface area contributed by atoms with Crippen molar-refractivity contribution in [3.63, 3.8) is 0 Å². The van der Waals surface area contributed by atoms with E-state index in [9.17, 15) is 4.79 Å². The Balaban J connectivity index is 1.53. The molecule has 2 aromatic carbocycles. The molecule has 0 atom stereocenters. The van der Waals surface area contributed by atoms with Gasteiger partial charge in [0.05, 0.1) is 11.4 Å². The van der Waals surface area contributed by atoms with Gasteiger partial charge in [-0.05, 0) is 36.1 Å². The number of carbonyl (C=O) groups is 1. The molecular formula is C19H20N6OS. The van der Waals surface area contributed by atoms with Crippen molar-refractivity contribution in [2.45, 2.75) is 5.16 Å². The fourth-order valence-electron chi connectivity index (χ4n) is 2.31. The van der Waals surface area contributed by atoms with Crippen LogP contribution in [0.2, 0.25) is 0 Å². The van der Waals surface area contributed by atoms with Crippen molar-refractivity contribution in [2.24, 2.45) is 0 Å². The highest BCUT2D eigenvalue weighted by Gasteiger charge is 2.07. The van der Waals surface area contributed by atoms with Gasteiger partial charge in [0, 0.05) is 12.1 Å². The van der Waals surface area contributed by atoms with Crippen molar-refractivity contribution < 1.29 is 4.79 Å². The van der Waals surface area contributed by atoms with Gasteiger partial charge >= 0.3 is 0 Å². The van der Waals surface area contributed by atoms with Gasteiger partial charge in [0.2, 0.25) is 5.95 Å². The molecule has 0 fully saturated rings. The van der Waals surface area contributed by atoms with E-state index >= 15 is 0 Å². The van der Waals surface area contributed by atoms with E-state index < -0.39 is 0 Å². The average Bonchev–Trinajstić information content (AvgIpc) is 3.15. The van der Waals surface area contributed by atoms with Crippen LogP contribution in [0.1, 0.15) is 15.9 Å². The standard InChI is InChI=1S/C19H20N6OS/c1-27-19-23-18(24-25-19)21-12-4-5-13-8-10-14(11-9-13)17(26)22-16-7-3-2-6-15(16)20/h2-11H,12,20H2,1H3,(H,22,26)(H2,21,23,24,25)/b5-4+. The lowest BCUT2D eigenvalue weighted by Gasteiger charge is -2.08. The van der Waals surface area contributed by atoms with E-state index in [2.05, 4.69) is 25.8 Å². The number of aromatic amines is 1. The van der Waals surface area contributed by atoms with Gasteiger partial charge in [-0.15, -0.1) is 5.10 Å². The molecule has 8 heteroatoms. The summed E-state index contributed by atoms with van der Waals surface area (Å²) < 4.78 is 0. The predicted molar refractivity (Wildman–Crippen MR) is 111 cm³/mol. The molecule has 3 rings (SSSR count). The molecule has 0 radical (unpaired) electrons. The lowest BCUT2D eigenvalue weighted by atomic mass is 10.1. The monoisotopic (exact) mass is 380 g/mol. The van der Waals surface area contributed by atoms with Crippen LogP contribution in [0, 0.1) is 0 Å². The van der Waals surface area contributed by atoms with Crippen LogP contribution in [-0.4, -0.2) is 33.9 Å². The van der Waals surface area contributed by atoms with Gasteiger partial charge in [-0.1, -0.05) is 48.2 Å². The highest BCUT2D eigenvalue weighted by molar-refractivity contribution is 7.98. The van der Waals surface area contributed by atoms with Crippen LogP contribution >= 0.6 is 11.8 Å². The minimum atomic E-state index is -0.195. The Kier molecular flexibility index (Phi) is 6.11. The molecular weight excluding hydrogens is 360 g/mol. The zero-order valence-corrected chi connectivity index (χ0v) is 15.6. The lowest BCUT2D eigenvalue weighted by molar-refractivity contribution is 0.102. The Morgan fingerprint density at radius 1 is 1.22 bits per heavy atom. The number of hydrogen-bond donors (Lipinski definition) is 4. The van der Waals surface area contributed by atoms with E-state index in [4.69, 9.17) is 5.73 Å². The van der Waals surface area contributed by atoms with Crippen LogP contribution < -0.4 is 16.4 Å². The van der Waals surface area contributed by atoms with E-state index in [0.717, 1.165) is 10.7 Å². The predicted octanol–water partition coefficient (Wildman–Crippen LogP) is 3.49. The fraction of sp³-hybridized carbons (Fsp3) is 0.105. The summed E-state index contributed by atoms with van der Waals surface area (Å²) in [7, 11) is 0. The number of carbonyl (C=O) groups excluding carboxylic acids is 1. The molecule has 0 saturated carbocycles. The molecule has 0 aliphatic carbocycles. The number of nitrogens with one attached hydrogen (secondary N) is 3. The van der Waals surface area contributed by atoms with Crippen LogP contribution in [0.25, 0.3) is 6.08 Å². The molecule has 1 aromatic heterocycles. The normalized spacial score (nSPS) is 10.9. The molecule has 0 unspecified atom stereocenters. The number of nitrogens with zero attached hydrogens (tertiary/aromatic N) is 2. The summed E-state index contributed by atoms with van der Waals surface area (Å²) in [5.74, 6) is 0.371. The number of aromatic nitrogens is 3. The van der Waals surface area contributed by atoms with Gasteiger partial charge in [0.1, 0.15) is 0 Å². The summed E-state index contributed by atoms with van der Waals surface area (Å²) in [6.07, 6.45) is 5.86. The number of hydrogen-bond acceptors (Lipinski definition) is 6. The second-order valence-electron chi connectivity index (χ2n) is 5.61. The first-order valence-electron chi connectivity index (χ1n) is 8.28. The largest absolute Gasteiger partial charge is 0.397 e. The van der Waals surface area contributed by atoms with Crippen molar-refractivity contribution in [1.82, 2.24) is 15.2 Å². The van der Waals surface area contributed by atoms with Crippen molar-refractivity contribution >= 4 is 41.1 Å². The molecule has 27 heavy (non-hydrogen) atoms. The Morgan fingerprint density at radius 3 is 2.70 bits per heavy atom. The van der Waals surface area contributed by atoms with E-state index in [1.807, 2.05) is 42.7 Å². The molecule has 1 amide bonds. The second-order valence-corrected chi connectivity index (χ2v) is 6.41. The number of thioether (sulfide) groups is 1. The summed E-state index contributed by atoms with van der Waals surface area (Å²) in [6.45, 7) is 0.598. The van der Waals surface area contributed by atoms with Crippen molar-refractivity contribution in [3.8, 4) is 0 Å². The van der Waals surface area contributed by atoms with Gasteiger partial charge in [-0.2, -0.15) is 4.98 Å². The Hall–Kier alpha value is -3.26. The minimum absolute atomic E-state index is 0.195. The third kappa shape index (κ3) is 5.11. The van der Waals surface area contributed by atoms with E-state index in [0.29, 0.717) is 29.4 Å². The van der Waals surface area contributed by atoms with Crippen molar-refractivity contribution in [1.29, 1.82) is 0 Å². The number of nitrogen functional groups attached to an aromatic ring is 1. The molecule has 0 aliphatic heterocycles. The maximum absolute atomic E-state index is 12.3. The van der Waals surface area contributed by atoms with Gasteiger partial charge in [0.15, 0.2) is 5.16 Å². The van der Waals surface area contributed by atoms with Gasteiger partial charge < -0.3 is 16.4 Å². The fourth-order valence-corrected chi connectivity index (χ4v) is 2.63. The van der Waals surface area contributed by atoms with Crippen molar-refractivity contribution in [2.75, 3.05) is 29.2 Å². The Labute approximate surface area is 161 Å². The smallest absolute Gasteiger partial charge is 0.255 e. The third-order valence-electron chi connectivity index (χ3n) is 3.73. The number of para-hydroxylation sites is 2. The zero-order chi connectivity index (χ0) is 19.1. The van der Waals surface area contributed by atoms with Gasteiger partial charge in [-0.25, -0.2) is 0 Å². The average molecular weight is 380 g/mol. The maximum atomic E-state index is 12.3. The number of rotatable bonds is 7. The summed E-state index contributed by atoms with van der Waals surface area (Å²) in [6, 6.07) is 14.5. The first-order valence-corrected chi connectivity index (χ1v) is 9.51. The molecule has 1 heterocycles. The highest BCUT2D eigenvalue weighted by atomic mass is 32.2. The number of benzene rings is 2. The first kappa shape index (κ1) is 18.5. The zero-order valence-electron chi connectivity index (χ0n) is 14.8. The molecule has 0 spiro atoms. The van der Waals surface area contributed by atoms with Crippen LogP contribution in [0.3, 0.4) is 0 Å². The van der Waals surface area contributed by atoms with Crippen LogP contribution in [0.15, 0.2) is 59.8 Å². The summed E-state index contributed by atoms with van der Waals surface area (Å²) in [5, 5.41) is 13.6. The second kappa shape index (κ2) is 8.91. The summed E-state index contributed by atoms with van der Waals surface area (Å²) >= 11 is 1.50. The third-order valence-corrected chi connectivity index (χ3v) is 4.30. The molecule has 138 valence electrons. The van der Waals surface area contributed by atoms with Crippen LogP contribution in [0.5, 0.6) is 0 Å². The van der Waals surface area contributed by atoms with Gasteiger partial charge in [0.25, 0.3) is 5.91 Å². The van der Waals surface area contributed by atoms with Crippen molar-refractivity contribution in [3.05, 3.63) is 65.7 Å². The molecule has 0 aliphatic rings. The number of H-pyrrole nitrogens is 1. The molecule has 5 N–H and O–H groups in total. The first-order chi connectivity index (χ1) is 13.2. The Morgan fingerprint density at radius 2 is 2.00 bits per heavy atom. The number of amides is 1.